The maximum atomic E-state index is 12.9. The van der Waals surface area contributed by atoms with E-state index >= 15 is 0 Å². The van der Waals surface area contributed by atoms with Crippen molar-refractivity contribution in [3.63, 3.8) is 0 Å². The van der Waals surface area contributed by atoms with E-state index in [1.165, 1.54) is 7.11 Å². The number of aliphatic hydroxyl groups excluding tert-OH is 1. The number of alkyl halides is 1. The number of ether oxygens (including phenoxy) is 2. The molecule has 0 amide bonds. The van der Waals surface area contributed by atoms with E-state index in [-0.39, 0.29) is 12.5 Å². The Labute approximate surface area is 65.1 Å². The van der Waals surface area contributed by atoms with E-state index in [0.29, 0.717) is 0 Å². The van der Waals surface area contributed by atoms with Gasteiger partial charge in [0.2, 0.25) is 0 Å². The zero-order valence-electron chi connectivity index (χ0n) is 6.66. The molecule has 0 aromatic heterocycles. The summed E-state index contributed by atoms with van der Waals surface area (Å²) in [7, 11) is 1.39. The molecule has 1 rings (SSSR count). The number of halogens is 1. The second-order valence-corrected chi connectivity index (χ2v) is 2.76. The molecule has 0 bridgehead atoms. The van der Waals surface area contributed by atoms with E-state index in [9.17, 15) is 4.39 Å². The maximum absolute atomic E-state index is 12.9. The number of hydrogen-bond donors (Lipinski definition) is 1. The lowest BCUT2D eigenvalue weighted by molar-refractivity contribution is -0.236. The van der Waals surface area contributed by atoms with E-state index in [1.807, 2.05) is 0 Å². The van der Waals surface area contributed by atoms with Crippen LogP contribution in [0.15, 0.2) is 0 Å². The summed E-state index contributed by atoms with van der Waals surface area (Å²) in [5, 5.41) is 9.14. The standard InChI is InChI=1S/C7H13FO3/c1-4-6(9)3-5(8)7(10-2)11-4/h4-7,9H,3H2,1-2H3. The second kappa shape index (κ2) is 3.47. The lowest BCUT2D eigenvalue weighted by Crippen LogP contribution is -2.44. The molecule has 3 nitrogen and oxygen atoms in total. The summed E-state index contributed by atoms with van der Waals surface area (Å²) >= 11 is 0. The van der Waals surface area contributed by atoms with E-state index < -0.39 is 18.6 Å². The molecule has 1 saturated heterocycles. The Morgan fingerprint density at radius 2 is 2.27 bits per heavy atom. The van der Waals surface area contributed by atoms with Gasteiger partial charge in [-0.25, -0.2) is 4.39 Å². The Bertz CT molecular complexity index is 131. The molecule has 11 heavy (non-hydrogen) atoms. The van der Waals surface area contributed by atoms with Gasteiger partial charge < -0.3 is 14.6 Å². The van der Waals surface area contributed by atoms with Crippen LogP contribution in [0.5, 0.6) is 0 Å². The van der Waals surface area contributed by atoms with Crippen molar-refractivity contribution in [1.29, 1.82) is 0 Å². The van der Waals surface area contributed by atoms with Gasteiger partial charge in [-0.15, -0.1) is 0 Å². The molecule has 1 aliphatic rings. The van der Waals surface area contributed by atoms with Gasteiger partial charge >= 0.3 is 0 Å². The van der Waals surface area contributed by atoms with Gasteiger partial charge in [0.25, 0.3) is 0 Å². The number of aliphatic hydroxyl groups is 1. The van der Waals surface area contributed by atoms with Crippen molar-refractivity contribution in [2.75, 3.05) is 7.11 Å². The van der Waals surface area contributed by atoms with Crippen molar-refractivity contribution in [1.82, 2.24) is 0 Å². The zero-order valence-corrected chi connectivity index (χ0v) is 6.66. The average Bonchev–Trinajstić information content (AvgIpc) is 1.97. The van der Waals surface area contributed by atoms with Gasteiger partial charge in [0.15, 0.2) is 12.5 Å². The predicted octanol–water partition coefficient (Wildman–Crippen LogP) is 0.467. The maximum Gasteiger partial charge on any atom is 0.188 e. The lowest BCUT2D eigenvalue weighted by Gasteiger charge is -2.33. The zero-order chi connectivity index (χ0) is 8.43. The summed E-state index contributed by atoms with van der Waals surface area (Å²) in [6, 6.07) is 0. The van der Waals surface area contributed by atoms with Crippen molar-refractivity contribution in [3.8, 4) is 0 Å². The molecule has 0 aromatic rings. The van der Waals surface area contributed by atoms with Crippen LogP contribution in [0.1, 0.15) is 13.3 Å². The Kier molecular flexibility index (Phi) is 2.81. The highest BCUT2D eigenvalue weighted by molar-refractivity contribution is 4.78. The summed E-state index contributed by atoms with van der Waals surface area (Å²) < 4.78 is 22.6. The molecule has 0 aliphatic carbocycles. The Hall–Kier alpha value is -0.190. The summed E-state index contributed by atoms with van der Waals surface area (Å²) in [6.45, 7) is 1.70. The van der Waals surface area contributed by atoms with E-state index in [4.69, 9.17) is 14.6 Å². The van der Waals surface area contributed by atoms with Crippen LogP contribution in [0.2, 0.25) is 0 Å². The van der Waals surface area contributed by atoms with Crippen LogP contribution in [0, 0.1) is 0 Å². The largest absolute Gasteiger partial charge is 0.390 e. The predicted molar refractivity (Wildman–Crippen MR) is 36.9 cm³/mol. The fourth-order valence-electron chi connectivity index (χ4n) is 1.12. The monoisotopic (exact) mass is 164 g/mol. The minimum Gasteiger partial charge on any atom is -0.390 e. The number of hydrogen-bond acceptors (Lipinski definition) is 3. The third kappa shape index (κ3) is 1.89. The highest BCUT2D eigenvalue weighted by Gasteiger charge is 2.34. The molecule has 1 N–H and O–H groups in total. The van der Waals surface area contributed by atoms with E-state index in [2.05, 4.69) is 0 Å². The fourth-order valence-corrected chi connectivity index (χ4v) is 1.12. The van der Waals surface area contributed by atoms with Crippen LogP contribution in [-0.4, -0.2) is 36.9 Å². The molecule has 4 atom stereocenters. The molecular weight excluding hydrogens is 151 g/mol. The van der Waals surface area contributed by atoms with Crippen LogP contribution in [0.3, 0.4) is 0 Å². The van der Waals surface area contributed by atoms with Crippen LogP contribution < -0.4 is 0 Å². The first-order chi connectivity index (χ1) is 5.15. The SMILES string of the molecule is COC1OC(C)C(O)CC1F. The van der Waals surface area contributed by atoms with Crippen molar-refractivity contribution in [2.24, 2.45) is 0 Å². The molecule has 0 radical (unpaired) electrons. The molecule has 66 valence electrons. The summed E-state index contributed by atoms with van der Waals surface area (Å²) in [5.41, 5.74) is 0. The van der Waals surface area contributed by atoms with Gasteiger partial charge in [-0.05, 0) is 6.92 Å². The Balaban J connectivity index is 2.48. The lowest BCUT2D eigenvalue weighted by atomic mass is 10.1. The molecule has 0 spiro atoms. The minimum absolute atomic E-state index is 0.0969. The average molecular weight is 164 g/mol. The first-order valence-electron chi connectivity index (χ1n) is 3.65. The van der Waals surface area contributed by atoms with Gasteiger partial charge in [0.05, 0.1) is 12.2 Å². The fraction of sp³-hybridized carbons (Fsp3) is 1.00. The van der Waals surface area contributed by atoms with E-state index in [1.54, 1.807) is 6.92 Å². The summed E-state index contributed by atoms with van der Waals surface area (Å²) in [4.78, 5) is 0. The Morgan fingerprint density at radius 1 is 1.64 bits per heavy atom. The molecule has 0 aromatic carbocycles. The third-order valence-corrected chi connectivity index (χ3v) is 1.88. The van der Waals surface area contributed by atoms with E-state index in [0.717, 1.165) is 0 Å². The van der Waals surface area contributed by atoms with Crippen molar-refractivity contribution < 1.29 is 19.0 Å². The van der Waals surface area contributed by atoms with Crippen molar-refractivity contribution in [2.45, 2.75) is 38.0 Å². The first-order valence-corrected chi connectivity index (χ1v) is 3.65. The van der Waals surface area contributed by atoms with Gasteiger partial charge in [-0.2, -0.15) is 0 Å². The van der Waals surface area contributed by atoms with Gasteiger partial charge in [-0.1, -0.05) is 0 Å². The topological polar surface area (TPSA) is 38.7 Å². The first kappa shape index (κ1) is 8.90. The Morgan fingerprint density at radius 3 is 2.82 bits per heavy atom. The van der Waals surface area contributed by atoms with Crippen molar-refractivity contribution in [3.05, 3.63) is 0 Å². The minimum atomic E-state index is -1.22. The highest BCUT2D eigenvalue weighted by Crippen LogP contribution is 2.22. The van der Waals surface area contributed by atoms with Gasteiger partial charge in [-0.3, -0.25) is 0 Å². The van der Waals surface area contributed by atoms with Crippen LogP contribution >= 0.6 is 0 Å². The molecule has 0 saturated carbocycles. The smallest absolute Gasteiger partial charge is 0.188 e. The van der Waals surface area contributed by atoms with Crippen molar-refractivity contribution >= 4 is 0 Å². The van der Waals surface area contributed by atoms with Crippen LogP contribution in [0.4, 0.5) is 4.39 Å². The summed E-state index contributed by atoms with van der Waals surface area (Å²) in [6.07, 6.45) is -2.98. The van der Waals surface area contributed by atoms with Crippen LogP contribution in [0.25, 0.3) is 0 Å². The second-order valence-electron chi connectivity index (χ2n) is 2.76. The molecular formula is C7H13FO3. The molecule has 1 aliphatic heterocycles. The van der Waals surface area contributed by atoms with Gasteiger partial charge in [0, 0.05) is 13.5 Å². The summed E-state index contributed by atoms with van der Waals surface area (Å²) in [5.74, 6) is 0. The molecule has 1 heterocycles. The normalized spacial score (nSPS) is 45.8. The number of methoxy groups -OCH3 is 1. The molecule has 1 fully saturated rings. The molecule has 4 heteroatoms. The number of rotatable bonds is 1. The quantitative estimate of drug-likeness (QED) is 0.612. The highest BCUT2D eigenvalue weighted by atomic mass is 19.1. The van der Waals surface area contributed by atoms with Crippen LogP contribution in [-0.2, 0) is 9.47 Å². The third-order valence-electron chi connectivity index (χ3n) is 1.88. The van der Waals surface area contributed by atoms with Gasteiger partial charge in [0.1, 0.15) is 0 Å². The molecule has 4 unspecified atom stereocenters.